The summed E-state index contributed by atoms with van der Waals surface area (Å²) in [5.41, 5.74) is 8.38. The van der Waals surface area contributed by atoms with E-state index < -0.39 is 12.5 Å². The van der Waals surface area contributed by atoms with Crippen LogP contribution in [0.4, 0.5) is 11.4 Å². The lowest BCUT2D eigenvalue weighted by molar-refractivity contribution is -0.384. The maximum atomic E-state index is 12.7. The normalized spacial score (nSPS) is 12.2. The molecule has 0 saturated heterocycles. The minimum absolute atomic E-state index is 0. The van der Waals surface area contributed by atoms with Gasteiger partial charge in [-0.05, 0) is 39.8 Å². The maximum absolute atomic E-state index is 12.7. The molecule has 0 aliphatic carbocycles. The molecule has 0 amide bonds. The topological polar surface area (TPSA) is 129 Å². The van der Waals surface area contributed by atoms with E-state index in [0.717, 1.165) is 0 Å². The van der Waals surface area contributed by atoms with Crippen molar-refractivity contribution in [2.45, 2.75) is 39.9 Å². The number of hydrazone groups is 1. The Morgan fingerprint density at radius 2 is 1.67 bits per heavy atom. The summed E-state index contributed by atoms with van der Waals surface area (Å²) in [7, 11) is -3.73. The van der Waals surface area contributed by atoms with Crippen LogP contribution < -0.4 is 11.2 Å². The van der Waals surface area contributed by atoms with E-state index in [1.165, 1.54) is 24.3 Å². The molecule has 136 valence electrons. The number of halogens is 1. The first-order chi connectivity index (χ1) is 10.6. The zero-order chi connectivity index (χ0) is 17.6. The zero-order valence-electron chi connectivity index (χ0n) is 13.8. The molecule has 1 rings (SSSR count). The summed E-state index contributed by atoms with van der Waals surface area (Å²) in [4.78, 5) is 10.1. The Hall–Kier alpha value is -1.67. The first-order valence-electron chi connectivity index (χ1n) is 6.95. The van der Waals surface area contributed by atoms with Gasteiger partial charge < -0.3 is 14.8 Å². The lowest BCUT2D eigenvalue weighted by atomic mass is 10.3. The monoisotopic (exact) mass is 380 g/mol. The van der Waals surface area contributed by atoms with Crippen LogP contribution in [0, 0.1) is 10.1 Å². The van der Waals surface area contributed by atoms with E-state index in [4.69, 9.17) is 14.8 Å². The number of rotatable bonds is 8. The molecule has 24 heavy (non-hydrogen) atoms. The summed E-state index contributed by atoms with van der Waals surface area (Å²) in [5.74, 6) is 0. The highest BCUT2D eigenvalue weighted by molar-refractivity contribution is 7.72. The number of non-ortho nitro benzene ring substituents is 1. The number of anilines is 1. The molecule has 0 atom stereocenters. The smallest absolute Gasteiger partial charge is 0.375 e. The molecule has 0 fully saturated rings. The third kappa shape index (κ3) is 6.84. The molecule has 1 aromatic carbocycles. The summed E-state index contributed by atoms with van der Waals surface area (Å²) >= 11 is 0. The number of nitro benzene ring substituents is 1. The summed E-state index contributed by atoms with van der Waals surface area (Å²) in [5, 5.41) is 14.4. The van der Waals surface area contributed by atoms with Crippen molar-refractivity contribution in [3.8, 4) is 0 Å². The number of benzene rings is 1. The third-order valence-corrected chi connectivity index (χ3v) is 4.42. The van der Waals surface area contributed by atoms with Crippen molar-refractivity contribution in [3.63, 3.8) is 0 Å². The highest BCUT2D eigenvalue weighted by Crippen LogP contribution is 2.50. The molecular formula is C13H22ClN4O5P. The average molecular weight is 381 g/mol. The first kappa shape index (κ1) is 22.3. The highest BCUT2D eigenvalue weighted by atomic mass is 35.5. The van der Waals surface area contributed by atoms with Crippen molar-refractivity contribution >= 4 is 37.0 Å². The molecule has 9 nitrogen and oxygen atoms in total. The predicted molar refractivity (Wildman–Crippen MR) is 95.6 cm³/mol. The van der Waals surface area contributed by atoms with E-state index >= 15 is 0 Å². The number of hydrogen-bond acceptors (Lipinski definition) is 7. The van der Waals surface area contributed by atoms with Crippen LogP contribution in [-0.2, 0) is 13.6 Å². The van der Waals surface area contributed by atoms with Gasteiger partial charge in [0.2, 0.25) is 5.58 Å². The number of nitrogens with two attached hydrogens (primary N) is 1. The number of nitrogens with zero attached hydrogens (tertiary/aromatic N) is 2. The SMILES string of the molecule is CC(C)OP(=O)(OC(C)C)/C(N)=N/Nc1ccc([N+](=O)[O-])cc1.Cl. The summed E-state index contributed by atoms with van der Waals surface area (Å²) in [6, 6.07) is 5.52. The van der Waals surface area contributed by atoms with Gasteiger partial charge in [-0.1, -0.05) is 0 Å². The Bertz CT molecular complexity index is 607. The van der Waals surface area contributed by atoms with E-state index in [1.807, 2.05) is 0 Å². The standard InChI is InChI=1S/C13H21N4O5P.ClH/c1-9(2)21-23(20,22-10(3)4)13(14)16-15-11-5-7-12(8-6-11)17(18)19;/h5-10,15H,1-4H3,(H2,14,16);1H. The van der Waals surface area contributed by atoms with Crippen LogP contribution in [0.15, 0.2) is 29.4 Å². The average Bonchev–Trinajstić information content (AvgIpc) is 2.43. The fourth-order valence-corrected chi connectivity index (χ4v) is 3.08. The van der Waals surface area contributed by atoms with Crippen LogP contribution in [0.5, 0.6) is 0 Å². The molecule has 0 aliphatic heterocycles. The van der Waals surface area contributed by atoms with Crippen LogP contribution in [-0.4, -0.2) is 22.7 Å². The van der Waals surface area contributed by atoms with Crippen LogP contribution in [0.2, 0.25) is 0 Å². The molecule has 1 aromatic rings. The molecular weight excluding hydrogens is 359 g/mol. The molecule has 0 saturated carbocycles. The molecule has 0 aliphatic rings. The van der Waals surface area contributed by atoms with Gasteiger partial charge in [0.15, 0.2) is 0 Å². The van der Waals surface area contributed by atoms with Gasteiger partial charge in [0, 0.05) is 12.1 Å². The van der Waals surface area contributed by atoms with E-state index in [0.29, 0.717) is 5.69 Å². The van der Waals surface area contributed by atoms with Crippen LogP contribution >= 0.6 is 20.0 Å². The van der Waals surface area contributed by atoms with Gasteiger partial charge in [0.05, 0.1) is 22.8 Å². The molecule has 0 spiro atoms. The predicted octanol–water partition coefficient (Wildman–Crippen LogP) is 3.70. The van der Waals surface area contributed by atoms with Crippen molar-refractivity contribution in [1.29, 1.82) is 0 Å². The van der Waals surface area contributed by atoms with Gasteiger partial charge in [0.1, 0.15) is 0 Å². The van der Waals surface area contributed by atoms with Crippen molar-refractivity contribution in [3.05, 3.63) is 34.4 Å². The Balaban J connectivity index is 0.00000529. The molecule has 0 radical (unpaired) electrons. The fraction of sp³-hybridized carbons (Fsp3) is 0.462. The third-order valence-electron chi connectivity index (χ3n) is 2.36. The minimum atomic E-state index is -3.73. The minimum Gasteiger partial charge on any atom is -0.375 e. The van der Waals surface area contributed by atoms with E-state index in [9.17, 15) is 14.7 Å². The van der Waals surface area contributed by atoms with Gasteiger partial charge in [-0.15, -0.1) is 17.5 Å². The largest absolute Gasteiger partial charge is 0.398 e. The Morgan fingerprint density at radius 3 is 2.04 bits per heavy atom. The number of amidine groups is 1. The number of nitro groups is 1. The van der Waals surface area contributed by atoms with E-state index in [1.54, 1.807) is 27.7 Å². The van der Waals surface area contributed by atoms with E-state index in [2.05, 4.69) is 10.5 Å². The van der Waals surface area contributed by atoms with Crippen molar-refractivity contribution in [1.82, 2.24) is 0 Å². The Morgan fingerprint density at radius 1 is 1.21 bits per heavy atom. The zero-order valence-corrected chi connectivity index (χ0v) is 15.5. The molecule has 0 bridgehead atoms. The van der Waals surface area contributed by atoms with Crippen molar-refractivity contribution < 1.29 is 18.5 Å². The van der Waals surface area contributed by atoms with Gasteiger partial charge in [-0.25, -0.2) is 0 Å². The molecule has 0 heterocycles. The van der Waals surface area contributed by atoms with Crippen molar-refractivity contribution in [2.75, 3.05) is 5.43 Å². The Kier molecular flexibility index (Phi) is 8.92. The van der Waals surface area contributed by atoms with Crippen LogP contribution in [0.3, 0.4) is 0 Å². The summed E-state index contributed by atoms with van der Waals surface area (Å²) in [6.45, 7) is 6.81. The molecule has 0 aromatic heterocycles. The lowest BCUT2D eigenvalue weighted by Crippen LogP contribution is -2.21. The molecule has 0 unspecified atom stereocenters. The summed E-state index contributed by atoms with van der Waals surface area (Å²) < 4.78 is 23.3. The van der Waals surface area contributed by atoms with Gasteiger partial charge in [-0.2, -0.15) is 0 Å². The van der Waals surface area contributed by atoms with Gasteiger partial charge in [-0.3, -0.25) is 20.1 Å². The van der Waals surface area contributed by atoms with Gasteiger partial charge in [0.25, 0.3) is 5.69 Å². The first-order valence-corrected chi connectivity index (χ1v) is 8.49. The van der Waals surface area contributed by atoms with Gasteiger partial charge >= 0.3 is 7.60 Å². The second kappa shape index (κ2) is 9.58. The van der Waals surface area contributed by atoms with Crippen molar-refractivity contribution in [2.24, 2.45) is 10.8 Å². The maximum Gasteiger partial charge on any atom is 0.398 e. The highest BCUT2D eigenvalue weighted by Gasteiger charge is 2.33. The lowest BCUT2D eigenvalue weighted by Gasteiger charge is -2.21. The fourth-order valence-electron chi connectivity index (χ4n) is 1.53. The summed E-state index contributed by atoms with van der Waals surface area (Å²) in [6.07, 6.45) is -0.736. The Labute approximate surface area is 146 Å². The number of nitrogens with one attached hydrogen (secondary N) is 1. The second-order valence-corrected chi connectivity index (χ2v) is 7.07. The van der Waals surface area contributed by atoms with Crippen LogP contribution in [0.25, 0.3) is 0 Å². The molecule has 3 N–H and O–H groups in total. The number of hydrogen-bond donors (Lipinski definition) is 2. The molecule has 11 heteroatoms. The second-order valence-electron chi connectivity index (χ2n) is 5.19. The van der Waals surface area contributed by atoms with E-state index in [-0.39, 0.29) is 35.9 Å². The van der Waals surface area contributed by atoms with Crippen LogP contribution in [0.1, 0.15) is 27.7 Å². The quantitative estimate of drug-likeness (QED) is 0.231.